The molecule has 0 aromatic rings. The number of rotatable bonds is 6. The van der Waals surface area contributed by atoms with Crippen LogP contribution in [0.3, 0.4) is 0 Å². The summed E-state index contributed by atoms with van der Waals surface area (Å²) in [5, 5.41) is 41.0. The molecule has 6 heteroatoms. The first-order valence-corrected chi connectivity index (χ1v) is 6.05. The number of ether oxygens (including phenoxy) is 1. The van der Waals surface area contributed by atoms with Crippen molar-refractivity contribution in [2.24, 2.45) is 0 Å². The van der Waals surface area contributed by atoms with Gasteiger partial charge in [0.15, 0.2) is 0 Å². The van der Waals surface area contributed by atoms with Crippen LogP contribution >= 0.6 is 0 Å². The van der Waals surface area contributed by atoms with E-state index in [-0.39, 0.29) is 6.04 Å². The number of hydrogen-bond donors (Lipinski definition) is 5. The number of aliphatic hydroxyl groups is 4. The molecule has 0 saturated carbocycles. The van der Waals surface area contributed by atoms with Gasteiger partial charge in [0.25, 0.3) is 0 Å². The lowest BCUT2D eigenvalue weighted by molar-refractivity contribution is -0.245. The summed E-state index contributed by atoms with van der Waals surface area (Å²) in [4.78, 5) is 0. The average Bonchev–Trinajstić information content (AvgIpc) is 2.52. The van der Waals surface area contributed by atoms with Gasteiger partial charge in [-0.25, -0.2) is 0 Å². The van der Waals surface area contributed by atoms with Crippen molar-refractivity contribution in [2.45, 2.75) is 56.8 Å². The summed E-state index contributed by atoms with van der Waals surface area (Å²) in [7, 11) is 0. The van der Waals surface area contributed by atoms with Crippen molar-refractivity contribution in [1.29, 1.82) is 0 Å². The molecule has 6 nitrogen and oxygen atoms in total. The van der Waals surface area contributed by atoms with Crippen LogP contribution in [0.2, 0.25) is 0 Å². The highest BCUT2D eigenvalue weighted by molar-refractivity contribution is 4.96. The third-order valence-electron chi connectivity index (χ3n) is 3.14. The highest BCUT2D eigenvalue weighted by atomic mass is 16.7. The van der Waals surface area contributed by atoms with E-state index in [0.29, 0.717) is 6.54 Å². The Kier molecular flexibility index (Phi) is 5.30. The average molecular weight is 249 g/mol. The summed E-state index contributed by atoms with van der Waals surface area (Å²) in [6, 6.07) is 0.274. The molecule has 1 fully saturated rings. The van der Waals surface area contributed by atoms with E-state index in [1.54, 1.807) is 0 Å². The summed E-state index contributed by atoms with van der Waals surface area (Å²) in [6.07, 6.45) is -1.36. The standard InChI is InChI=1S/C11H23NO5/c1-3-4-7(2)12-5-8-9(14)10(15)11(16,6-13)17-8/h7-10,12-16H,3-6H2,1-2H3/t7?,8-,9+,10-,11+/m1/s1. The monoisotopic (exact) mass is 249 g/mol. The van der Waals surface area contributed by atoms with Gasteiger partial charge in [-0.3, -0.25) is 0 Å². The van der Waals surface area contributed by atoms with Crippen LogP contribution in [0.15, 0.2) is 0 Å². The quantitative estimate of drug-likeness (QED) is 0.395. The van der Waals surface area contributed by atoms with Crippen molar-refractivity contribution >= 4 is 0 Å². The van der Waals surface area contributed by atoms with Gasteiger partial charge < -0.3 is 30.5 Å². The first-order chi connectivity index (χ1) is 7.94. The minimum Gasteiger partial charge on any atom is -0.391 e. The largest absolute Gasteiger partial charge is 0.391 e. The van der Waals surface area contributed by atoms with Gasteiger partial charge in [-0.1, -0.05) is 13.3 Å². The van der Waals surface area contributed by atoms with Gasteiger partial charge in [-0.05, 0) is 13.3 Å². The summed E-state index contributed by atoms with van der Waals surface area (Å²) in [6.45, 7) is 3.67. The van der Waals surface area contributed by atoms with E-state index in [1.165, 1.54) is 0 Å². The van der Waals surface area contributed by atoms with Crippen LogP contribution in [0.5, 0.6) is 0 Å². The Morgan fingerprint density at radius 3 is 2.53 bits per heavy atom. The zero-order valence-electron chi connectivity index (χ0n) is 10.3. The Labute approximate surface area is 101 Å². The molecule has 0 radical (unpaired) electrons. The molecule has 1 aliphatic rings. The first-order valence-electron chi connectivity index (χ1n) is 6.05. The Hall–Kier alpha value is -0.240. The van der Waals surface area contributed by atoms with E-state index in [1.807, 2.05) is 6.92 Å². The molecule has 0 bridgehead atoms. The Morgan fingerprint density at radius 1 is 1.41 bits per heavy atom. The summed E-state index contributed by atoms with van der Waals surface area (Å²) in [5.41, 5.74) is 0. The number of nitrogens with one attached hydrogen (secondary N) is 1. The van der Waals surface area contributed by atoms with Crippen LogP contribution in [0.1, 0.15) is 26.7 Å². The predicted molar refractivity (Wildman–Crippen MR) is 61.3 cm³/mol. The van der Waals surface area contributed by atoms with E-state index in [4.69, 9.17) is 9.84 Å². The molecule has 17 heavy (non-hydrogen) atoms. The van der Waals surface area contributed by atoms with Crippen LogP contribution in [0, 0.1) is 0 Å². The Morgan fingerprint density at radius 2 is 2.06 bits per heavy atom. The number of hydrogen-bond acceptors (Lipinski definition) is 6. The van der Waals surface area contributed by atoms with Crippen molar-refractivity contribution < 1.29 is 25.2 Å². The van der Waals surface area contributed by atoms with Gasteiger partial charge in [0.1, 0.15) is 18.3 Å². The first kappa shape index (κ1) is 14.8. The molecule has 0 spiro atoms. The lowest BCUT2D eigenvalue weighted by Crippen LogP contribution is -2.46. The highest BCUT2D eigenvalue weighted by Gasteiger charge is 2.52. The third-order valence-corrected chi connectivity index (χ3v) is 3.14. The second-order valence-electron chi connectivity index (χ2n) is 4.69. The maximum atomic E-state index is 9.68. The van der Waals surface area contributed by atoms with Crippen molar-refractivity contribution in [1.82, 2.24) is 5.32 Å². The van der Waals surface area contributed by atoms with Crippen molar-refractivity contribution in [3.8, 4) is 0 Å². The fourth-order valence-corrected chi connectivity index (χ4v) is 2.02. The van der Waals surface area contributed by atoms with Gasteiger partial charge in [0, 0.05) is 12.6 Å². The second kappa shape index (κ2) is 6.08. The maximum Gasteiger partial charge on any atom is 0.219 e. The van der Waals surface area contributed by atoms with Gasteiger partial charge in [0.2, 0.25) is 5.79 Å². The lowest BCUT2D eigenvalue weighted by Gasteiger charge is -2.23. The van der Waals surface area contributed by atoms with Gasteiger partial charge in [-0.15, -0.1) is 0 Å². The summed E-state index contributed by atoms with van der Waals surface area (Å²) >= 11 is 0. The van der Waals surface area contributed by atoms with E-state index in [0.717, 1.165) is 12.8 Å². The van der Waals surface area contributed by atoms with E-state index in [2.05, 4.69) is 12.2 Å². The van der Waals surface area contributed by atoms with Crippen molar-refractivity contribution in [3.05, 3.63) is 0 Å². The van der Waals surface area contributed by atoms with Crippen LogP contribution < -0.4 is 5.32 Å². The third kappa shape index (κ3) is 3.37. The van der Waals surface area contributed by atoms with Gasteiger partial charge in [-0.2, -0.15) is 0 Å². The molecule has 1 heterocycles. The second-order valence-corrected chi connectivity index (χ2v) is 4.69. The normalized spacial score (nSPS) is 39.5. The summed E-state index contributed by atoms with van der Waals surface area (Å²) < 4.78 is 5.09. The molecule has 1 rings (SSSR count). The van der Waals surface area contributed by atoms with E-state index < -0.39 is 30.7 Å². The minimum absolute atomic E-state index is 0.274. The van der Waals surface area contributed by atoms with Crippen LogP contribution in [-0.4, -0.2) is 63.7 Å². The molecule has 102 valence electrons. The molecule has 1 aliphatic heterocycles. The molecule has 1 unspecified atom stereocenters. The van der Waals surface area contributed by atoms with Gasteiger partial charge >= 0.3 is 0 Å². The van der Waals surface area contributed by atoms with Crippen LogP contribution in [0.4, 0.5) is 0 Å². The zero-order chi connectivity index (χ0) is 13.1. The molecular formula is C11H23NO5. The van der Waals surface area contributed by atoms with Crippen molar-refractivity contribution in [2.75, 3.05) is 13.2 Å². The topological polar surface area (TPSA) is 102 Å². The highest BCUT2D eigenvalue weighted by Crippen LogP contribution is 2.28. The maximum absolute atomic E-state index is 9.68. The molecule has 0 amide bonds. The minimum atomic E-state index is -2.06. The fraction of sp³-hybridized carbons (Fsp3) is 1.00. The summed E-state index contributed by atoms with van der Waals surface area (Å²) in [5.74, 6) is -2.06. The predicted octanol–water partition coefficient (Wildman–Crippen LogP) is -1.43. The van der Waals surface area contributed by atoms with E-state index in [9.17, 15) is 15.3 Å². The molecule has 1 saturated heterocycles. The van der Waals surface area contributed by atoms with E-state index >= 15 is 0 Å². The molecular weight excluding hydrogens is 226 g/mol. The molecule has 5 atom stereocenters. The molecule has 5 N–H and O–H groups in total. The molecule has 0 aliphatic carbocycles. The van der Waals surface area contributed by atoms with Crippen LogP contribution in [-0.2, 0) is 4.74 Å². The number of aliphatic hydroxyl groups excluding tert-OH is 3. The Balaban J connectivity index is 2.45. The molecule has 0 aromatic heterocycles. The van der Waals surface area contributed by atoms with Crippen molar-refractivity contribution in [3.63, 3.8) is 0 Å². The SMILES string of the molecule is CCCC(C)NC[C@H]1O[C@@](O)(CO)[C@H](O)[C@H]1O. The van der Waals surface area contributed by atoms with Gasteiger partial charge in [0.05, 0.1) is 6.61 Å². The Bertz CT molecular complexity index is 240. The lowest BCUT2D eigenvalue weighted by atomic mass is 10.1. The fourth-order valence-electron chi connectivity index (χ4n) is 2.02. The molecule has 0 aromatic carbocycles. The van der Waals surface area contributed by atoms with Crippen LogP contribution in [0.25, 0.3) is 0 Å². The zero-order valence-corrected chi connectivity index (χ0v) is 10.3. The smallest absolute Gasteiger partial charge is 0.219 e.